The molecular weight excluding hydrogens is 410 g/mol. The maximum atomic E-state index is 12.1. The van der Waals surface area contributed by atoms with Crippen LogP contribution in [0.1, 0.15) is 12.8 Å². The molecule has 0 unspecified atom stereocenters. The van der Waals surface area contributed by atoms with Gasteiger partial charge in [0.15, 0.2) is 0 Å². The maximum absolute atomic E-state index is 12.1. The molecule has 0 aliphatic heterocycles. The van der Waals surface area contributed by atoms with Gasteiger partial charge in [0, 0.05) is 28.2 Å². The van der Waals surface area contributed by atoms with Crippen LogP contribution in [0.15, 0.2) is 69.9 Å². The van der Waals surface area contributed by atoms with E-state index in [4.69, 9.17) is 4.74 Å². The number of nitrogens with zero attached hydrogens (tertiary/aromatic N) is 1. The highest BCUT2D eigenvalue weighted by Crippen LogP contribution is 2.20. The van der Waals surface area contributed by atoms with E-state index in [9.17, 15) is 9.59 Å². The lowest BCUT2D eigenvalue weighted by atomic mass is 10.1. The van der Waals surface area contributed by atoms with Crippen molar-refractivity contribution in [2.45, 2.75) is 12.8 Å². The summed E-state index contributed by atoms with van der Waals surface area (Å²) in [6.07, 6.45) is 0.967. The molecule has 0 saturated heterocycles. The van der Waals surface area contributed by atoms with E-state index in [1.807, 2.05) is 48.5 Å². The molecule has 0 fully saturated rings. The fourth-order valence-electron chi connectivity index (χ4n) is 2.46. The zero-order valence-electron chi connectivity index (χ0n) is 14.4. The van der Waals surface area contributed by atoms with Crippen LogP contribution in [-0.2, 0) is 4.79 Å². The molecule has 3 rings (SSSR count). The standard InChI is InChI=1S/C20H18BrN3O3/c21-15-5-2-7-17(13-15)27-11-3-8-19(25)22-16-6-1-4-14(12-16)18-9-10-20(26)24-23-18/h1-2,4-7,9-10,12-13H,3,8,11H2,(H,22,25)(H,24,26). The first kappa shape index (κ1) is 18.8. The van der Waals surface area contributed by atoms with Crippen molar-refractivity contribution in [1.29, 1.82) is 0 Å². The Morgan fingerprint density at radius 2 is 1.96 bits per heavy atom. The van der Waals surface area contributed by atoms with Gasteiger partial charge in [0.05, 0.1) is 12.3 Å². The zero-order valence-corrected chi connectivity index (χ0v) is 16.0. The molecule has 6 nitrogen and oxygen atoms in total. The molecule has 27 heavy (non-hydrogen) atoms. The largest absolute Gasteiger partial charge is 0.494 e. The first-order valence-electron chi connectivity index (χ1n) is 8.44. The molecule has 0 saturated carbocycles. The van der Waals surface area contributed by atoms with Crippen LogP contribution in [0.5, 0.6) is 5.75 Å². The maximum Gasteiger partial charge on any atom is 0.264 e. The number of carbonyl (C=O) groups excluding carboxylic acids is 1. The molecule has 2 N–H and O–H groups in total. The highest BCUT2D eigenvalue weighted by molar-refractivity contribution is 9.10. The fraction of sp³-hybridized carbons (Fsp3) is 0.150. The highest BCUT2D eigenvalue weighted by Gasteiger charge is 2.05. The molecule has 0 atom stereocenters. The summed E-state index contributed by atoms with van der Waals surface area (Å²) >= 11 is 3.39. The number of hydrogen-bond donors (Lipinski definition) is 2. The fourth-order valence-corrected chi connectivity index (χ4v) is 2.84. The molecule has 0 aliphatic carbocycles. The Balaban J connectivity index is 1.50. The number of aromatic nitrogens is 2. The number of aromatic amines is 1. The van der Waals surface area contributed by atoms with Gasteiger partial charge in [-0.1, -0.05) is 34.1 Å². The van der Waals surface area contributed by atoms with Gasteiger partial charge >= 0.3 is 0 Å². The predicted molar refractivity (Wildman–Crippen MR) is 108 cm³/mol. The van der Waals surface area contributed by atoms with E-state index in [0.29, 0.717) is 30.8 Å². The van der Waals surface area contributed by atoms with E-state index in [1.165, 1.54) is 6.07 Å². The van der Waals surface area contributed by atoms with Crippen LogP contribution in [0.2, 0.25) is 0 Å². The minimum atomic E-state index is -0.256. The number of hydrogen-bond acceptors (Lipinski definition) is 4. The van der Waals surface area contributed by atoms with Gasteiger partial charge in [-0.05, 0) is 42.8 Å². The third-order valence-corrected chi connectivity index (χ3v) is 4.23. The Morgan fingerprint density at radius 3 is 2.74 bits per heavy atom. The molecule has 1 aromatic heterocycles. The topological polar surface area (TPSA) is 84.1 Å². The second-order valence-electron chi connectivity index (χ2n) is 5.84. The van der Waals surface area contributed by atoms with Gasteiger partial charge in [0.25, 0.3) is 5.56 Å². The first-order chi connectivity index (χ1) is 13.1. The monoisotopic (exact) mass is 427 g/mol. The second kappa shape index (κ2) is 9.14. The lowest BCUT2D eigenvalue weighted by Gasteiger charge is -2.08. The Morgan fingerprint density at radius 1 is 1.11 bits per heavy atom. The predicted octanol–water partition coefficient (Wildman–Crippen LogP) is 4.00. The van der Waals surface area contributed by atoms with E-state index in [0.717, 1.165) is 15.8 Å². The van der Waals surface area contributed by atoms with Crippen molar-refractivity contribution >= 4 is 27.5 Å². The van der Waals surface area contributed by atoms with Crippen LogP contribution < -0.4 is 15.6 Å². The lowest BCUT2D eigenvalue weighted by Crippen LogP contribution is -2.13. The highest BCUT2D eigenvalue weighted by atomic mass is 79.9. The normalized spacial score (nSPS) is 10.4. The molecule has 1 heterocycles. The van der Waals surface area contributed by atoms with Crippen LogP contribution in [-0.4, -0.2) is 22.7 Å². The van der Waals surface area contributed by atoms with Crippen molar-refractivity contribution < 1.29 is 9.53 Å². The SMILES string of the molecule is O=C(CCCOc1cccc(Br)c1)Nc1cccc(-c2ccc(=O)[nH]n2)c1. The first-order valence-corrected chi connectivity index (χ1v) is 9.24. The summed E-state index contributed by atoms with van der Waals surface area (Å²) in [5, 5.41) is 9.26. The lowest BCUT2D eigenvalue weighted by molar-refractivity contribution is -0.116. The summed E-state index contributed by atoms with van der Waals surface area (Å²) < 4.78 is 6.58. The number of benzene rings is 2. The van der Waals surface area contributed by atoms with Gasteiger partial charge < -0.3 is 10.1 Å². The second-order valence-corrected chi connectivity index (χ2v) is 6.76. The number of halogens is 1. The Labute approximate surface area is 164 Å². The number of nitrogens with one attached hydrogen (secondary N) is 2. The van der Waals surface area contributed by atoms with Crippen molar-refractivity contribution in [3.63, 3.8) is 0 Å². The Kier molecular flexibility index (Phi) is 6.38. The summed E-state index contributed by atoms with van der Waals surface area (Å²) in [5.41, 5.74) is 1.86. The molecule has 138 valence electrons. The van der Waals surface area contributed by atoms with E-state index in [2.05, 4.69) is 31.4 Å². The third kappa shape index (κ3) is 5.79. The summed E-state index contributed by atoms with van der Waals surface area (Å²) in [4.78, 5) is 23.2. The smallest absolute Gasteiger partial charge is 0.264 e. The van der Waals surface area contributed by atoms with Crippen molar-refractivity contribution in [3.05, 3.63) is 75.5 Å². The van der Waals surface area contributed by atoms with E-state index >= 15 is 0 Å². The van der Waals surface area contributed by atoms with Gasteiger partial charge in [0.1, 0.15) is 5.75 Å². The Bertz CT molecular complexity index is 967. The summed E-state index contributed by atoms with van der Waals surface area (Å²) in [6, 6.07) is 18.0. The molecule has 0 aliphatic rings. The average molecular weight is 428 g/mol. The van der Waals surface area contributed by atoms with Crippen LogP contribution in [0.4, 0.5) is 5.69 Å². The molecule has 0 radical (unpaired) electrons. The van der Waals surface area contributed by atoms with E-state index < -0.39 is 0 Å². The summed E-state index contributed by atoms with van der Waals surface area (Å²) in [5.74, 6) is 0.685. The van der Waals surface area contributed by atoms with Crippen LogP contribution in [0.25, 0.3) is 11.3 Å². The summed E-state index contributed by atoms with van der Waals surface area (Å²) in [6.45, 7) is 0.464. The van der Waals surface area contributed by atoms with Crippen LogP contribution >= 0.6 is 15.9 Å². The van der Waals surface area contributed by atoms with Gasteiger partial charge in [-0.3, -0.25) is 9.59 Å². The van der Waals surface area contributed by atoms with Crippen molar-refractivity contribution in [1.82, 2.24) is 10.2 Å². The van der Waals surface area contributed by atoms with Crippen molar-refractivity contribution in [3.8, 4) is 17.0 Å². The minimum Gasteiger partial charge on any atom is -0.494 e. The van der Waals surface area contributed by atoms with Crippen LogP contribution in [0.3, 0.4) is 0 Å². The summed E-state index contributed by atoms with van der Waals surface area (Å²) in [7, 11) is 0. The number of rotatable bonds is 7. The molecule has 0 spiro atoms. The van der Waals surface area contributed by atoms with E-state index in [-0.39, 0.29) is 11.5 Å². The number of anilines is 1. The quantitative estimate of drug-likeness (QED) is 0.558. The van der Waals surface area contributed by atoms with E-state index in [1.54, 1.807) is 6.07 Å². The number of amides is 1. The van der Waals surface area contributed by atoms with Gasteiger partial charge in [-0.15, -0.1) is 0 Å². The Hall–Kier alpha value is -2.93. The molecule has 0 bridgehead atoms. The number of H-pyrrole nitrogens is 1. The molecule has 1 amide bonds. The number of ether oxygens (including phenoxy) is 1. The van der Waals surface area contributed by atoms with Gasteiger partial charge in [-0.25, -0.2) is 5.10 Å². The molecule has 7 heteroatoms. The molecule has 3 aromatic rings. The van der Waals surface area contributed by atoms with Gasteiger partial charge in [-0.2, -0.15) is 5.10 Å². The number of carbonyl (C=O) groups is 1. The zero-order chi connectivity index (χ0) is 19.1. The minimum absolute atomic E-state index is 0.0839. The third-order valence-electron chi connectivity index (χ3n) is 3.73. The molecular formula is C20H18BrN3O3. The van der Waals surface area contributed by atoms with Gasteiger partial charge in [0.2, 0.25) is 5.91 Å². The van der Waals surface area contributed by atoms with Crippen molar-refractivity contribution in [2.75, 3.05) is 11.9 Å². The van der Waals surface area contributed by atoms with Crippen molar-refractivity contribution in [2.24, 2.45) is 0 Å². The molecule has 2 aromatic carbocycles. The average Bonchev–Trinajstić information content (AvgIpc) is 2.66. The van der Waals surface area contributed by atoms with Crippen LogP contribution in [0, 0.1) is 0 Å².